The lowest BCUT2D eigenvalue weighted by Crippen LogP contribution is -2.61. The Hall–Kier alpha value is 0.0500. The second-order valence-electron chi connectivity index (χ2n) is 2.81. The van der Waals surface area contributed by atoms with Gasteiger partial charge in [-0.1, -0.05) is 0 Å². The Morgan fingerprint density at radius 1 is 1.15 bits per heavy atom. The molecule has 0 bridgehead atoms. The molecule has 0 aliphatic carbocycles. The van der Waals surface area contributed by atoms with Crippen molar-refractivity contribution >= 4 is 12.4 Å². The van der Waals surface area contributed by atoms with Gasteiger partial charge in [-0.25, -0.2) is 0 Å². The number of rotatable bonds is 1. The number of hydrogen-bond acceptors (Lipinski definition) is 6. The van der Waals surface area contributed by atoms with Crippen LogP contribution in [0.2, 0.25) is 0 Å². The van der Waals surface area contributed by atoms with E-state index in [-0.39, 0.29) is 12.4 Å². The van der Waals surface area contributed by atoms with Gasteiger partial charge in [-0.05, 0) is 0 Å². The van der Waals surface area contributed by atoms with Crippen LogP contribution in [0.15, 0.2) is 0 Å². The Kier molecular flexibility index (Phi) is 5.08. The molecule has 1 fully saturated rings. The van der Waals surface area contributed by atoms with E-state index in [9.17, 15) is 10.2 Å². The summed E-state index contributed by atoms with van der Waals surface area (Å²) in [4.78, 5) is 0. The third kappa shape index (κ3) is 2.50. The zero-order chi connectivity index (χ0) is 9.30. The second-order valence-corrected chi connectivity index (χ2v) is 2.81. The maximum atomic E-state index is 9.20. The van der Waals surface area contributed by atoms with Crippen LogP contribution in [0.1, 0.15) is 0 Å². The van der Waals surface area contributed by atoms with Crippen LogP contribution in [0.25, 0.3) is 0 Å². The van der Waals surface area contributed by atoms with Gasteiger partial charge in [0.2, 0.25) is 0 Å². The van der Waals surface area contributed by atoms with E-state index in [1.165, 1.54) is 0 Å². The monoisotopic (exact) mass is 217 g/mol. The molecule has 0 aromatic carbocycles. The molecule has 0 aromatic heterocycles. The normalized spacial score (nSPS) is 45.5. The molecule has 0 amide bonds. The molecule has 6 N–H and O–H groups in total. The summed E-state index contributed by atoms with van der Waals surface area (Å²) in [6, 6.07) is -1.04. The number of aliphatic hydroxyl groups excluding tert-OH is 4. The van der Waals surface area contributed by atoms with E-state index in [1.807, 2.05) is 0 Å². The van der Waals surface area contributed by atoms with E-state index in [0.717, 1.165) is 0 Å². The lowest BCUT2D eigenvalue weighted by Gasteiger charge is -2.38. The average Bonchev–Trinajstić information content (AvgIpc) is 2.08. The molecule has 0 spiro atoms. The van der Waals surface area contributed by atoms with Gasteiger partial charge in [0.25, 0.3) is 0 Å². The number of nitrogens with two attached hydrogens (primary N) is 1. The maximum Gasteiger partial charge on any atom is 0.173 e. The molecule has 1 saturated heterocycles. The van der Waals surface area contributed by atoms with Gasteiger partial charge in [-0.15, -0.1) is 12.4 Å². The minimum atomic E-state index is -1.35. The zero-order valence-electron chi connectivity index (χ0n) is 6.78. The fourth-order valence-electron chi connectivity index (χ4n) is 1.12. The number of halogens is 1. The van der Waals surface area contributed by atoms with Crippen molar-refractivity contribution < 1.29 is 25.2 Å². The molecule has 1 rings (SSSR count). The topological polar surface area (TPSA) is 116 Å². The van der Waals surface area contributed by atoms with E-state index in [4.69, 9.17) is 20.7 Å². The molecular formula is C6H14ClNO5. The molecule has 0 aromatic rings. The molecule has 7 heteroatoms. The molecular weight excluding hydrogens is 204 g/mol. The van der Waals surface area contributed by atoms with Crippen molar-refractivity contribution in [3.05, 3.63) is 0 Å². The number of ether oxygens (including phenoxy) is 1. The summed E-state index contributed by atoms with van der Waals surface area (Å²) in [6.07, 6.45) is -4.85. The van der Waals surface area contributed by atoms with Crippen molar-refractivity contribution in [2.24, 2.45) is 5.73 Å². The summed E-state index contributed by atoms with van der Waals surface area (Å²) in [6.45, 7) is -0.470. The summed E-state index contributed by atoms with van der Waals surface area (Å²) < 4.78 is 4.70. The zero-order valence-corrected chi connectivity index (χ0v) is 7.59. The first-order chi connectivity index (χ1) is 5.57. The van der Waals surface area contributed by atoms with Crippen LogP contribution < -0.4 is 5.73 Å². The van der Waals surface area contributed by atoms with Crippen LogP contribution in [0.3, 0.4) is 0 Å². The molecule has 1 aliphatic rings. The summed E-state index contributed by atoms with van der Waals surface area (Å²) in [5, 5.41) is 36.1. The van der Waals surface area contributed by atoms with Crippen molar-refractivity contribution in [2.45, 2.75) is 30.6 Å². The first-order valence-corrected chi connectivity index (χ1v) is 3.64. The van der Waals surface area contributed by atoms with Crippen LogP contribution in [0.5, 0.6) is 0 Å². The first-order valence-electron chi connectivity index (χ1n) is 3.64. The summed E-state index contributed by atoms with van der Waals surface area (Å²) >= 11 is 0. The van der Waals surface area contributed by atoms with Gasteiger partial charge in [0.1, 0.15) is 18.3 Å². The van der Waals surface area contributed by atoms with E-state index >= 15 is 0 Å². The van der Waals surface area contributed by atoms with Crippen LogP contribution in [-0.2, 0) is 4.74 Å². The molecule has 80 valence electrons. The van der Waals surface area contributed by atoms with E-state index < -0.39 is 37.3 Å². The number of hydrogen-bond donors (Lipinski definition) is 5. The van der Waals surface area contributed by atoms with Gasteiger partial charge in [-0.2, -0.15) is 0 Å². The number of aliphatic hydroxyl groups is 4. The quantitative estimate of drug-likeness (QED) is 0.239. The van der Waals surface area contributed by atoms with Crippen molar-refractivity contribution in [3.63, 3.8) is 0 Å². The van der Waals surface area contributed by atoms with Crippen LogP contribution in [-0.4, -0.2) is 57.7 Å². The lowest BCUT2D eigenvalue weighted by atomic mass is 10.0. The highest BCUT2D eigenvalue weighted by Crippen LogP contribution is 2.17. The Labute approximate surface area is 81.3 Å². The molecule has 1 aliphatic heterocycles. The fraction of sp³-hybridized carbons (Fsp3) is 1.00. The van der Waals surface area contributed by atoms with Crippen LogP contribution in [0.4, 0.5) is 0 Å². The molecule has 13 heavy (non-hydrogen) atoms. The third-order valence-corrected chi connectivity index (χ3v) is 1.95. The predicted molar refractivity (Wildman–Crippen MR) is 45.2 cm³/mol. The third-order valence-electron chi connectivity index (χ3n) is 1.95. The minimum absolute atomic E-state index is 0. The van der Waals surface area contributed by atoms with E-state index in [2.05, 4.69) is 0 Å². The van der Waals surface area contributed by atoms with E-state index in [0.29, 0.717) is 0 Å². The smallest absolute Gasteiger partial charge is 0.173 e. The highest BCUT2D eigenvalue weighted by atomic mass is 35.5. The Balaban J connectivity index is 0.00000144. The van der Waals surface area contributed by atoms with Gasteiger partial charge in [-0.3, -0.25) is 0 Å². The largest absolute Gasteiger partial charge is 0.394 e. The first kappa shape index (κ1) is 13.1. The molecule has 1 unspecified atom stereocenters. The lowest BCUT2D eigenvalue weighted by molar-refractivity contribution is -0.248. The maximum absolute atomic E-state index is 9.20. The van der Waals surface area contributed by atoms with Gasteiger partial charge < -0.3 is 30.9 Å². The molecule has 1 heterocycles. The van der Waals surface area contributed by atoms with Gasteiger partial charge in [0.15, 0.2) is 6.29 Å². The van der Waals surface area contributed by atoms with Gasteiger partial charge in [0.05, 0.1) is 12.6 Å². The van der Waals surface area contributed by atoms with Crippen molar-refractivity contribution in [3.8, 4) is 0 Å². The summed E-state index contributed by atoms with van der Waals surface area (Å²) in [7, 11) is 0. The molecule has 6 nitrogen and oxygen atoms in total. The van der Waals surface area contributed by atoms with Gasteiger partial charge in [0, 0.05) is 0 Å². The highest BCUT2D eigenvalue weighted by molar-refractivity contribution is 5.85. The van der Waals surface area contributed by atoms with Crippen molar-refractivity contribution in [1.29, 1.82) is 0 Å². The second kappa shape index (κ2) is 5.06. The Morgan fingerprint density at radius 2 is 1.69 bits per heavy atom. The molecule has 0 saturated carbocycles. The summed E-state index contributed by atoms with van der Waals surface area (Å²) in [5.41, 5.74) is 5.26. The summed E-state index contributed by atoms with van der Waals surface area (Å²) in [5.74, 6) is 0. The van der Waals surface area contributed by atoms with Crippen LogP contribution in [0, 0.1) is 0 Å². The average molecular weight is 218 g/mol. The highest BCUT2D eigenvalue weighted by Gasteiger charge is 2.41. The Bertz CT molecular complexity index is 155. The molecule has 0 radical (unpaired) electrons. The minimum Gasteiger partial charge on any atom is -0.394 e. The fourth-order valence-corrected chi connectivity index (χ4v) is 1.12. The van der Waals surface area contributed by atoms with Crippen molar-refractivity contribution in [2.75, 3.05) is 6.61 Å². The molecule has 5 atom stereocenters. The Morgan fingerprint density at radius 3 is 2.15 bits per heavy atom. The SMILES string of the molecule is Cl.[15NH2][C@@H]1[C@@H](O)[C@@H](O)[C@@H](CO)O[13CH]1O. The predicted octanol–water partition coefficient (Wildman–Crippen LogP) is -2.83. The van der Waals surface area contributed by atoms with Gasteiger partial charge >= 0.3 is 0 Å². The standard InChI is InChI=1S/C6H13NO5.ClH/c7-3-5(10)4(9)2(1-8)12-6(3)11;/h2-6,8-11H,1,7H2;1H/t2-,3-,4+,5-,6?;/m1./s1/i6+1,7+1;. The van der Waals surface area contributed by atoms with Crippen LogP contribution >= 0.6 is 12.4 Å². The van der Waals surface area contributed by atoms with Crippen molar-refractivity contribution in [1.82, 2.24) is 0 Å². The van der Waals surface area contributed by atoms with E-state index in [1.54, 1.807) is 0 Å².